The second kappa shape index (κ2) is 8.62. The molecule has 0 fully saturated rings. The molecule has 3 aromatic heterocycles. The number of aryl methyl sites for hydroxylation is 2. The summed E-state index contributed by atoms with van der Waals surface area (Å²) in [6.45, 7) is 15.6. The van der Waals surface area contributed by atoms with Crippen LogP contribution in [0.1, 0.15) is 73.8 Å². The Labute approximate surface area is 215 Å². The van der Waals surface area contributed by atoms with Gasteiger partial charge in [0.25, 0.3) is 5.95 Å². The number of furan rings is 1. The Hall–Kier alpha value is -3.39. The summed E-state index contributed by atoms with van der Waals surface area (Å²) in [5.41, 5.74) is 10.4. The Bertz CT molecular complexity index is 1470. The van der Waals surface area contributed by atoms with E-state index < -0.39 is 5.91 Å². The molecule has 0 saturated carbocycles. The number of fused-ring (bicyclic) bond motifs is 2. The minimum atomic E-state index is -0.427. The van der Waals surface area contributed by atoms with Crippen molar-refractivity contribution in [3.63, 3.8) is 0 Å². The highest BCUT2D eigenvalue weighted by Crippen LogP contribution is 2.50. The molecular weight excluding hydrogens is 472 g/mol. The molecule has 8 heteroatoms. The highest BCUT2D eigenvalue weighted by Gasteiger charge is 2.42. The van der Waals surface area contributed by atoms with E-state index in [0.717, 1.165) is 33.5 Å². The number of nitrogens with zero attached hydrogens (tertiary/aromatic N) is 2. The summed E-state index contributed by atoms with van der Waals surface area (Å²) in [5, 5.41) is 2.89. The summed E-state index contributed by atoms with van der Waals surface area (Å²) in [7, 11) is 0. The Balaban J connectivity index is 1.34. The molecule has 36 heavy (non-hydrogen) atoms. The number of benzene rings is 1. The highest BCUT2D eigenvalue weighted by atomic mass is 32.1. The van der Waals surface area contributed by atoms with Gasteiger partial charge in [0, 0.05) is 6.07 Å². The van der Waals surface area contributed by atoms with Crippen LogP contribution in [0.4, 0.5) is 5.82 Å². The Morgan fingerprint density at radius 1 is 1.11 bits per heavy atom. The maximum absolute atomic E-state index is 12.7. The number of carbonyl (C=O) groups excluding carboxylic acids is 1. The van der Waals surface area contributed by atoms with Crippen LogP contribution in [0.2, 0.25) is 0 Å². The van der Waals surface area contributed by atoms with Gasteiger partial charge in [0.1, 0.15) is 16.9 Å². The average Bonchev–Trinajstić information content (AvgIpc) is 3.44. The number of thiophene rings is 1. The lowest BCUT2D eigenvalue weighted by Crippen LogP contribution is -2.40. The zero-order chi connectivity index (χ0) is 25.8. The second-order valence-electron chi connectivity index (χ2n) is 11.0. The van der Waals surface area contributed by atoms with Crippen LogP contribution >= 0.6 is 11.3 Å². The van der Waals surface area contributed by atoms with Gasteiger partial charge in [0.2, 0.25) is 0 Å². The van der Waals surface area contributed by atoms with Gasteiger partial charge in [0.05, 0.1) is 5.39 Å². The Morgan fingerprint density at radius 2 is 1.89 bits per heavy atom. The van der Waals surface area contributed by atoms with Crippen molar-refractivity contribution in [3.8, 4) is 11.7 Å². The van der Waals surface area contributed by atoms with Gasteiger partial charge in [-0.25, -0.2) is 9.97 Å². The van der Waals surface area contributed by atoms with Gasteiger partial charge in [-0.15, -0.1) is 11.3 Å². The van der Waals surface area contributed by atoms with Crippen LogP contribution in [0.15, 0.2) is 40.4 Å². The predicted octanol–water partition coefficient (Wildman–Crippen LogP) is 7.05. The summed E-state index contributed by atoms with van der Waals surface area (Å²) in [5.74, 6) is 1.83. The van der Waals surface area contributed by atoms with Crippen LogP contribution in [-0.4, -0.2) is 15.9 Å². The molecule has 1 amide bonds. The number of amides is 1. The lowest BCUT2D eigenvalue weighted by atomic mass is 9.58. The number of ether oxygens (including phenoxy) is 1. The SMILES string of the molecule is Cc1cc2c(cc1Oc1ccc(C(=O)NNc3ncnc4scc(C)c34)o1)C(C)(C)CC(C)C2(C)C. The summed E-state index contributed by atoms with van der Waals surface area (Å²) < 4.78 is 11.9. The number of aromatic nitrogens is 2. The van der Waals surface area contributed by atoms with Crippen LogP contribution < -0.4 is 15.6 Å². The molecule has 1 unspecified atom stereocenters. The molecule has 5 rings (SSSR count). The van der Waals surface area contributed by atoms with Crippen molar-refractivity contribution in [2.75, 3.05) is 5.43 Å². The maximum Gasteiger partial charge on any atom is 0.305 e. The van der Waals surface area contributed by atoms with E-state index in [-0.39, 0.29) is 22.5 Å². The second-order valence-corrected chi connectivity index (χ2v) is 11.9. The molecule has 1 aliphatic carbocycles. The first kappa shape index (κ1) is 24.3. The Kier molecular flexibility index (Phi) is 5.82. The average molecular weight is 505 g/mol. The van der Waals surface area contributed by atoms with Gasteiger partial charge in [-0.2, -0.15) is 0 Å². The molecule has 1 atom stereocenters. The molecule has 4 aromatic rings. The number of rotatable bonds is 5. The van der Waals surface area contributed by atoms with Crippen LogP contribution in [0.3, 0.4) is 0 Å². The lowest BCUT2D eigenvalue weighted by molar-refractivity contribution is 0.0930. The van der Waals surface area contributed by atoms with Crippen LogP contribution in [0.5, 0.6) is 11.7 Å². The van der Waals surface area contributed by atoms with Crippen LogP contribution in [0.25, 0.3) is 10.2 Å². The van der Waals surface area contributed by atoms with Gasteiger partial charge in [0.15, 0.2) is 11.6 Å². The zero-order valence-electron chi connectivity index (χ0n) is 21.8. The van der Waals surface area contributed by atoms with Gasteiger partial charge < -0.3 is 9.15 Å². The van der Waals surface area contributed by atoms with Gasteiger partial charge in [-0.05, 0) is 76.8 Å². The van der Waals surface area contributed by atoms with Crippen molar-refractivity contribution >= 4 is 33.3 Å². The van der Waals surface area contributed by atoms with Crippen molar-refractivity contribution in [2.45, 2.75) is 65.7 Å². The first-order valence-corrected chi connectivity index (χ1v) is 13.0. The van der Waals surface area contributed by atoms with E-state index in [0.29, 0.717) is 11.7 Å². The fraction of sp³-hybridized carbons (Fsp3) is 0.393. The van der Waals surface area contributed by atoms with Gasteiger partial charge in [-0.3, -0.25) is 15.6 Å². The molecule has 0 saturated heterocycles. The third-order valence-corrected chi connectivity index (χ3v) is 8.66. The number of nitrogens with one attached hydrogen (secondary N) is 2. The van der Waals surface area contributed by atoms with E-state index in [4.69, 9.17) is 9.15 Å². The van der Waals surface area contributed by atoms with E-state index in [1.807, 2.05) is 19.2 Å². The fourth-order valence-corrected chi connectivity index (χ4v) is 6.07. The third kappa shape index (κ3) is 4.13. The minimum absolute atomic E-state index is 0.0448. The van der Waals surface area contributed by atoms with Crippen molar-refractivity contribution < 1.29 is 13.9 Å². The Morgan fingerprint density at radius 3 is 2.67 bits per heavy atom. The standard InChI is InChI=1S/C28H32N4O3S/c1-15-10-19-18(27(4,5)12-17(3)28(19,6)7)11-21(15)35-22-9-8-20(34-22)25(33)32-31-24-23-16(2)13-36-26(23)30-14-29-24/h8-11,13-14,17H,12H2,1-7H3,(H,32,33)(H,29,30,31). The van der Waals surface area contributed by atoms with Crippen LogP contribution in [-0.2, 0) is 10.8 Å². The smallest absolute Gasteiger partial charge is 0.305 e. The molecule has 0 spiro atoms. The highest BCUT2D eigenvalue weighted by molar-refractivity contribution is 7.17. The minimum Gasteiger partial charge on any atom is -0.426 e. The molecule has 188 valence electrons. The molecule has 0 radical (unpaired) electrons. The van der Waals surface area contributed by atoms with Crippen LogP contribution in [0, 0.1) is 19.8 Å². The number of anilines is 1. The number of hydrogen-bond donors (Lipinski definition) is 2. The quantitative estimate of drug-likeness (QED) is 0.283. The molecular formula is C28H32N4O3S. The van der Waals surface area contributed by atoms with Crippen molar-refractivity contribution in [1.82, 2.24) is 15.4 Å². The summed E-state index contributed by atoms with van der Waals surface area (Å²) >= 11 is 1.53. The molecule has 0 bridgehead atoms. The summed E-state index contributed by atoms with van der Waals surface area (Å²) in [6, 6.07) is 7.65. The van der Waals surface area contributed by atoms with Crippen molar-refractivity contribution in [1.29, 1.82) is 0 Å². The molecule has 1 aliphatic rings. The van der Waals surface area contributed by atoms with E-state index in [9.17, 15) is 4.79 Å². The third-order valence-electron chi connectivity index (χ3n) is 7.65. The normalized spacial score (nSPS) is 18.0. The van der Waals surface area contributed by atoms with E-state index in [1.54, 1.807) is 12.1 Å². The van der Waals surface area contributed by atoms with E-state index in [2.05, 4.69) is 67.6 Å². The van der Waals surface area contributed by atoms with Crippen molar-refractivity contribution in [2.24, 2.45) is 5.92 Å². The number of carbonyl (C=O) groups is 1. The summed E-state index contributed by atoms with van der Waals surface area (Å²) in [4.78, 5) is 22.1. The first-order valence-electron chi connectivity index (χ1n) is 12.2. The topological polar surface area (TPSA) is 89.3 Å². The number of hydrogen-bond acceptors (Lipinski definition) is 7. The molecule has 2 N–H and O–H groups in total. The van der Waals surface area contributed by atoms with Gasteiger partial charge in [-0.1, -0.05) is 40.7 Å². The number of hydrazine groups is 1. The van der Waals surface area contributed by atoms with E-state index in [1.165, 1.54) is 28.8 Å². The maximum atomic E-state index is 12.7. The molecule has 7 nitrogen and oxygen atoms in total. The predicted molar refractivity (Wildman–Crippen MR) is 143 cm³/mol. The fourth-order valence-electron chi connectivity index (χ4n) is 5.18. The lowest BCUT2D eigenvalue weighted by Gasteiger charge is -2.46. The van der Waals surface area contributed by atoms with E-state index >= 15 is 0 Å². The molecule has 3 heterocycles. The van der Waals surface area contributed by atoms with Gasteiger partial charge >= 0.3 is 5.91 Å². The molecule has 1 aromatic carbocycles. The molecule has 0 aliphatic heterocycles. The first-order chi connectivity index (χ1) is 17.0. The summed E-state index contributed by atoms with van der Waals surface area (Å²) in [6.07, 6.45) is 2.58. The zero-order valence-corrected chi connectivity index (χ0v) is 22.6. The largest absolute Gasteiger partial charge is 0.426 e. The monoisotopic (exact) mass is 504 g/mol. The van der Waals surface area contributed by atoms with Crippen molar-refractivity contribution in [3.05, 3.63) is 64.0 Å².